The van der Waals surface area contributed by atoms with Gasteiger partial charge in [-0.1, -0.05) is 32.6 Å². The molecule has 2 aromatic rings. The molecule has 1 aliphatic carbocycles. The molecule has 1 aliphatic heterocycles. The first-order valence-corrected chi connectivity index (χ1v) is 12.6. The molecule has 1 unspecified atom stereocenters. The zero-order chi connectivity index (χ0) is 25.7. The molecule has 1 saturated carbocycles. The van der Waals surface area contributed by atoms with Crippen molar-refractivity contribution in [2.75, 3.05) is 36.5 Å². The molecule has 8 nitrogen and oxygen atoms in total. The third kappa shape index (κ3) is 5.74. The highest BCUT2D eigenvalue weighted by molar-refractivity contribution is 5.88. The summed E-state index contributed by atoms with van der Waals surface area (Å²) in [6, 6.07) is 8.03. The molecule has 0 radical (unpaired) electrons. The maximum absolute atomic E-state index is 12.8. The number of nitrogens with one attached hydrogen (secondary N) is 1. The first kappa shape index (κ1) is 25.4. The van der Waals surface area contributed by atoms with E-state index in [4.69, 9.17) is 10.1 Å². The summed E-state index contributed by atoms with van der Waals surface area (Å²) in [5.41, 5.74) is 3.24. The first-order chi connectivity index (χ1) is 17.4. The van der Waals surface area contributed by atoms with Gasteiger partial charge in [0, 0.05) is 38.4 Å². The van der Waals surface area contributed by atoms with Gasteiger partial charge in [-0.25, -0.2) is 9.97 Å². The summed E-state index contributed by atoms with van der Waals surface area (Å²) in [5, 5.41) is 22.4. The summed E-state index contributed by atoms with van der Waals surface area (Å²) in [6.45, 7) is 9.83. The Hall–Kier alpha value is -3.70. The summed E-state index contributed by atoms with van der Waals surface area (Å²) in [7, 11) is 0. The zero-order valence-corrected chi connectivity index (χ0v) is 21.0. The van der Waals surface area contributed by atoms with Crippen molar-refractivity contribution in [1.29, 1.82) is 5.26 Å². The lowest BCUT2D eigenvalue weighted by Gasteiger charge is -2.43. The number of pyridine rings is 2. The van der Waals surface area contributed by atoms with Crippen LogP contribution in [-0.2, 0) is 4.79 Å². The molecule has 3 heterocycles. The Balaban J connectivity index is 1.62. The second-order valence-corrected chi connectivity index (χ2v) is 9.69. The van der Waals surface area contributed by atoms with Gasteiger partial charge in [0.1, 0.15) is 17.7 Å². The Kier molecular flexibility index (Phi) is 8.01. The molecule has 8 heteroatoms. The highest BCUT2D eigenvalue weighted by Crippen LogP contribution is 2.44. The number of carbonyl (C=O) groups excluding carboxylic acids is 1. The number of amides is 1. The molecule has 2 aliphatic rings. The van der Waals surface area contributed by atoms with E-state index in [2.05, 4.69) is 41.7 Å². The lowest BCUT2D eigenvalue weighted by Crippen LogP contribution is -2.57. The lowest BCUT2D eigenvalue weighted by atomic mass is 9.98. The van der Waals surface area contributed by atoms with Crippen LogP contribution in [0.1, 0.15) is 55.8 Å². The molecule has 0 bridgehead atoms. The number of hydrogen-bond donors (Lipinski definition) is 2. The van der Waals surface area contributed by atoms with E-state index in [0.29, 0.717) is 49.2 Å². The van der Waals surface area contributed by atoms with E-state index in [9.17, 15) is 10.1 Å². The van der Waals surface area contributed by atoms with Gasteiger partial charge in [-0.15, -0.1) is 0 Å². The fourth-order valence-electron chi connectivity index (χ4n) is 4.59. The minimum Gasteiger partial charge on any atom is -0.396 e. The third-order valence-corrected chi connectivity index (χ3v) is 6.73. The van der Waals surface area contributed by atoms with Crippen LogP contribution in [0.4, 0.5) is 17.3 Å². The maximum atomic E-state index is 12.8. The van der Waals surface area contributed by atoms with Crippen LogP contribution in [0.25, 0.3) is 6.08 Å². The Morgan fingerprint density at radius 2 is 2.17 bits per heavy atom. The van der Waals surface area contributed by atoms with E-state index in [0.717, 1.165) is 29.8 Å². The number of aromatic nitrogens is 2. The maximum Gasteiger partial charge on any atom is 0.246 e. The number of carbonyl (C=O) groups is 1. The number of aliphatic hydroxyl groups excluding tert-OH is 1. The number of nitriles is 1. The summed E-state index contributed by atoms with van der Waals surface area (Å²) < 4.78 is 0. The van der Waals surface area contributed by atoms with Crippen molar-refractivity contribution in [2.24, 2.45) is 5.92 Å². The first-order valence-electron chi connectivity index (χ1n) is 12.6. The molecule has 2 N–H and O–H groups in total. The van der Waals surface area contributed by atoms with Gasteiger partial charge < -0.3 is 20.2 Å². The van der Waals surface area contributed by atoms with E-state index < -0.39 is 0 Å². The predicted octanol–water partition coefficient (Wildman–Crippen LogP) is 4.22. The SMILES string of the molecule is C=Cc1ccnc(Nc2cc(C#N)c(N3CCN(C(=O)C=CCCO)C(C(C)C)C3)nc2C2CC2)c1. The molecule has 2 fully saturated rings. The fraction of sp³-hybridized carbons (Fsp3) is 0.429. The topological polar surface area (TPSA) is 105 Å². The van der Waals surface area contributed by atoms with E-state index in [1.807, 2.05) is 23.1 Å². The molecule has 1 saturated heterocycles. The van der Waals surface area contributed by atoms with E-state index >= 15 is 0 Å². The number of aliphatic hydroxyl groups is 1. The van der Waals surface area contributed by atoms with E-state index in [-0.39, 0.29) is 24.5 Å². The van der Waals surface area contributed by atoms with Gasteiger partial charge in [-0.3, -0.25) is 4.79 Å². The molecule has 36 heavy (non-hydrogen) atoms. The zero-order valence-electron chi connectivity index (χ0n) is 21.0. The Bertz CT molecular complexity index is 1180. The average molecular weight is 487 g/mol. The van der Waals surface area contributed by atoms with Crippen molar-refractivity contribution in [1.82, 2.24) is 14.9 Å². The van der Waals surface area contributed by atoms with Crippen molar-refractivity contribution in [3.63, 3.8) is 0 Å². The van der Waals surface area contributed by atoms with Crippen LogP contribution in [0.3, 0.4) is 0 Å². The second kappa shape index (κ2) is 11.4. The van der Waals surface area contributed by atoms with Crippen LogP contribution in [0, 0.1) is 17.2 Å². The van der Waals surface area contributed by atoms with Gasteiger partial charge in [0.05, 0.1) is 23.0 Å². The molecule has 4 rings (SSSR count). The Morgan fingerprint density at radius 3 is 2.83 bits per heavy atom. The number of piperazine rings is 1. The molecule has 188 valence electrons. The highest BCUT2D eigenvalue weighted by atomic mass is 16.2. The van der Waals surface area contributed by atoms with Crippen LogP contribution in [0.2, 0.25) is 0 Å². The molecule has 0 aromatic carbocycles. The average Bonchev–Trinajstić information content (AvgIpc) is 3.73. The van der Waals surface area contributed by atoms with Crippen molar-refractivity contribution < 1.29 is 9.90 Å². The minimum absolute atomic E-state index is 0.00797. The van der Waals surface area contributed by atoms with Crippen LogP contribution in [0.15, 0.2) is 43.1 Å². The van der Waals surface area contributed by atoms with Gasteiger partial charge in [0.25, 0.3) is 0 Å². The number of anilines is 3. The Morgan fingerprint density at radius 1 is 1.36 bits per heavy atom. The van der Waals surface area contributed by atoms with Crippen LogP contribution >= 0.6 is 0 Å². The standard InChI is InChI=1S/C28H34N6O2/c1-4-20-10-11-30-25(15-20)31-23-16-22(17-29)28(32-27(23)21-8-9-21)33-12-13-34(24(18-33)19(2)3)26(36)7-5-6-14-35/h4-5,7,10-11,15-16,19,21,24,35H,1,6,8-9,12-14,18H2,2-3H3,(H,30,31). The summed E-state index contributed by atoms with van der Waals surface area (Å²) >= 11 is 0. The smallest absolute Gasteiger partial charge is 0.246 e. The van der Waals surface area contributed by atoms with E-state index in [1.54, 1.807) is 24.4 Å². The fourth-order valence-corrected chi connectivity index (χ4v) is 4.59. The third-order valence-electron chi connectivity index (χ3n) is 6.73. The van der Waals surface area contributed by atoms with Crippen molar-refractivity contribution in [2.45, 2.75) is 45.1 Å². The molecular formula is C28H34N6O2. The molecule has 0 spiro atoms. The lowest BCUT2D eigenvalue weighted by molar-refractivity contribution is -0.129. The predicted molar refractivity (Wildman–Crippen MR) is 142 cm³/mol. The van der Waals surface area contributed by atoms with Crippen LogP contribution < -0.4 is 10.2 Å². The van der Waals surface area contributed by atoms with Gasteiger partial charge in [0.15, 0.2) is 0 Å². The van der Waals surface area contributed by atoms with Gasteiger partial charge >= 0.3 is 0 Å². The van der Waals surface area contributed by atoms with Crippen molar-refractivity contribution >= 4 is 29.3 Å². The van der Waals surface area contributed by atoms with Crippen molar-refractivity contribution in [3.05, 3.63) is 59.9 Å². The van der Waals surface area contributed by atoms with Crippen molar-refractivity contribution in [3.8, 4) is 6.07 Å². The summed E-state index contributed by atoms with van der Waals surface area (Å²) in [5.74, 6) is 1.94. The number of nitrogens with zero attached hydrogens (tertiary/aromatic N) is 5. The summed E-state index contributed by atoms with van der Waals surface area (Å²) in [4.78, 5) is 26.3. The number of rotatable bonds is 9. The van der Waals surface area contributed by atoms with Gasteiger partial charge in [0.2, 0.25) is 5.91 Å². The Labute approximate surface area is 213 Å². The monoisotopic (exact) mass is 486 g/mol. The van der Waals surface area contributed by atoms with Crippen LogP contribution in [-0.4, -0.2) is 58.2 Å². The number of hydrogen-bond acceptors (Lipinski definition) is 7. The molecule has 1 atom stereocenters. The normalized spacial score (nSPS) is 17.9. The molecular weight excluding hydrogens is 452 g/mol. The minimum atomic E-state index is -0.0391. The van der Waals surface area contributed by atoms with Gasteiger partial charge in [-0.05, 0) is 55.0 Å². The highest BCUT2D eigenvalue weighted by Gasteiger charge is 2.35. The molecule has 2 aromatic heterocycles. The quantitative estimate of drug-likeness (QED) is 0.511. The van der Waals surface area contributed by atoms with E-state index in [1.165, 1.54) is 0 Å². The van der Waals surface area contributed by atoms with Gasteiger partial charge in [-0.2, -0.15) is 5.26 Å². The van der Waals surface area contributed by atoms with Crippen LogP contribution in [0.5, 0.6) is 0 Å². The molecule has 1 amide bonds. The largest absolute Gasteiger partial charge is 0.396 e. The second-order valence-electron chi connectivity index (χ2n) is 9.69. The summed E-state index contributed by atoms with van der Waals surface area (Å²) in [6.07, 6.45) is 9.39.